The van der Waals surface area contributed by atoms with Crippen molar-refractivity contribution in [1.29, 1.82) is 0 Å². The van der Waals surface area contributed by atoms with Crippen molar-refractivity contribution < 1.29 is 26.4 Å². The molecular formula is C16H7F4NO2S. The van der Waals surface area contributed by atoms with Crippen LogP contribution in [0.15, 0.2) is 50.6 Å². The van der Waals surface area contributed by atoms with Gasteiger partial charge in [0.2, 0.25) is 0 Å². The van der Waals surface area contributed by atoms with Crippen molar-refractivity contribution in [2.75, 3.05) is 0 Å². The van der Waals surface area contributed by atoms with E-state index in [1.165, 1.54) is 29.5 Å². The van der Waals surface area contributed by atoms with E-state index < -0.39 is 17.8 Å². The smallest absolute Gasteiger partial charge is 0.416 e. The molecule has 24 heavy (non-hydrogen) atoms. The number of rotatable bonds is 2. The lowest BCUT2D eigenvalue weighted by Gasteiger charge is -2.04. The van der Waals surface area contributed by atoms with Crippen molar-refractivity contribution in [2.45, 2.75) is 6.18 Å². The molecule has 0 saturated carbocycles. The van der Waals surface area contributed by atoms with Crippen molar-refractivity contribution in [3.8, 4) is 22.2 Å². The molecule has 122 valence electrons. The number of benzene rings is 1. The number of fused-ring (bicyclic) bond motifs is 1. The van der Waals surface area contributed by atoms with Crippen molar-refractivity contribution in [3.05, 3.63) is 53.4 Å². The second-order valence-corrected chi connectivity index (χ2v) is 5.86. The number of halogens is 4. The molecule has 8 heteroatoms. The molecule has 3 nitrogen and oxygen atoms in total. The van der Waals surface area contributed by atoms with Gasteiger partial charge >= 0.3 is 6.18 Å². The molecule has 0 aliphatic carbocycles. The van der Waals surface area contributed by atoms with E-state index in [4.69, 9.17) is 8.83 Å². The first kappa shape index (κ1) is 14.9. The fourth-order valence-electron chi connectivity index (χ4n) is 2.26. The van der Waals surface area contributed by atoms with Crippen molar-refractivity contribution in [3.63, 3.8) is 0 Å². The van der Waals surface area contributed by atoms with E-state index in [1.807, 2.05) is 0 Å². The second-order valence-electron chi connectivity index (χ2n) is 5.00. The third-order valence-corrected chi connectivity index (χ3v) is 4.24. The minimum atomic E-state index is -4.43. The summed E-state index contributed by atoms with van der Waals surface area (Å²) in [7, 11) is 0. The van der Waals surface area contributed by atoms with Crippen LogP contribution in [0.5, 0.6) is 0 Å². The Morgan fingerprint density at radius 3 is 2.50 bits per heavy atom. The predicted molar refractivity (Wildman–Crippen MR) is 80.0 cm³/mol. The zero-order valence-corrected chi connectivity index (χ0v) is 12.5. The zero-order valence-electron chi connectivity index (χ0n) is 11.7. The number of thiazole rings is 1. The van der Waals surface area contributed by atoms with E-state index in [0.29, 0.717) is 21.8 Å². The van der Waals surface area contributed by atoms with Crippen molar-refractivity contribution in [1.82, 2.24) is 4.98 Å². The van der Waals surface area contributed by atoms with E-state index in [-0.39, 0.29) is 11.3 Å². The average Bonchev–Trinajstić information content (AvgIpc) is 3.23. The summed E-state index contributed by atoms with van der Waals surface area (Å²) in [5.74, 6) is 0.609. The molecule has 1 aromatic carbocycles. The van der Waals surface area contributed by atoms with Crippen LogP contribution in [0.3, 0.4) is 0 Å². The van der Waals surface area contributed by atoms with Gasteiger partial charge in [0.15, 0.2) is 16.5 Å². The number of nitrogens with zero attached hydrogens (tertiary/aromatic N) is 1. The summed E-state index contributed by atoms with van der Waals surface area (Å²) < 4.78 is 61.5. The van der Waals surface area contributed by atoms with Crippen LogP contribution in [-0.4, -0.2) is 4.98 Å². The summed E-state index contributed by atoms with van der Waals surface area (Å²) in [6.07, 6.45) is -4.43. The quantitative estimate of drug-likeness (QED) is 0.417. The van der Waals surface area contributed by atoms with Crippen molar-refractivity contribution >= 4 is 22.3 Å². The highest BCUT2D eigenvalue weighted by Gasteiger charge is 2.31. The molecule has 0 bridgehead atoms. The lowest BCUT2D eigenvalue weighted by atomic mass is 10.1. The van der Waals surface area contributed by atoms with Crippen LogP contribution in [0.1, 0.15) is 5.56 Å². The Morgan fingerprint density at radius 1 is 0.958 bits per heavy atom. The van der Waals surface area contributed by atoms with Crippen LogP contribution in [0.2, 0.25) is 0 Å². The van der Waals surface area contributed by atoms with Gasteiger partial charge in [0.05, 0.1) is 5.56 Å². The fraction of sp³-hybridized carbons (Fsp3) is 0.0625. The fourth-order valence-corrected chi connectivity index (χ4v) is 3.03. The van der Waals surface area contributed by atoms with Gasteiger partial charge < -0.3 is 8.83 Å². The third-order valence-electron chi connectivity index (χ3n) is 3.39. The van der Waals surface area contributed by atoms with Gasteiger partial charge in [-0.15, -0.1) is 11.3 Å². The van der Waals surface area contributed by atoms with Gasteiger partial charge in [-0.05, 0) is 24.3 Å². The summed E-state index contributed by atoms with van der Waals surface area (Å²) in [6.45, 7) is 0. The van der Waals surface area contributed by atoms with Gasteiger partial charge in [-0.1, -0.05) is 6.07 Å². The lowest BCUT2D eigenvalue weighted by molar-refractivity contribution is -0.137. The van der Waals surface area contributed by atoms with Gasteiger partial charge in [0.25, 0.3) is 6.01 Å². The minimum Gasteiger partial charge on any atom is -0.454 e. The Balaban J connectivity index is 1.73. The van der Waals surface area contributed by atoms with E-state index in [9.17, 15) is 17.6 Å². The van der Waals surface area contributed by atoms with Gasteiger partial charge in [0.1, 0.15) is 11.3 Å². The molecule has 0 amide bonds. The normalized spacial score (nSPS) is 12.2. The molecule has 4 rings (SSSR count). The zero-order chi connectivity index (χ0) is 16.9. The Morgan fingerprint density at radius 2 is 1.79 bits per heavy atom. The Hall–Kier alpha value is -2.61. The van der Waals surface area contributed by atoms with Crippen LogP contribution >= 0.6 is 11.3 Å². The van der Waals surface area contributed by atoms with E-state index in [2.05, 4.69) is 4.98 Å². The molecule has 0 aliphatic heterocycles. The van der Waals surface area contributed by atoms with Gasteiger partial charge in [-0.25, -0.2) is 4.98 Å². The maximum atomic E-state index is 12.9. The van der Waals surface area contributed by atoms with Crippen LogP contribution in [0, 0.1) is 6.01 Å². The summed E-state index contributed by atoms with van der Waals surface area (Å²) in [5, 5.41) is 2.65. The molecule has 0 saturated heterocycles. The molecule has 3 heterocycles. The summed E-state index contributed by atoms with van der Waals surface area (Å²) in [4.78, 5) is 4.27. The second kappa shape index (κ2) is 5.20. The summed E-state index contributed by atoms with van der Waals surface area (Å²) in [6, 6.07) is 6.82. The molecule has 0 unspecified atom stereocenters. The first-order valence-electron chi connectivity index (χ1n) is 6.72. The van der Waals surface area contributed by atoms with Gasteiger partial charge in [-0.3, -0.25) is 0 Å². The van der Waals surface area contributed by atoms with E-state index >= 15 is 0 Å². The topological polar surface area (TPSA) is 39.2 Å². The number of aromatic nitrogens is 1. The number of alkyl halides is 3. The molecule has 3 aromatic heterocycles. The number of hydrogen-bond acceptors (Lipinski definition) is 4. The van der Waals surface area contributed by atoms with Crippen molar-refractivity contribution in [2.24, 2.45) is 0 Å². The third kappa shape index (κ3) is 2.58. The highest BCUT2D eigenvalue weighted by atomic mass is 32.1. The van der Waals surface area contributed by atoms with Crippen LogP contribution in [0.25, 0.3) is 33.2 Å². The predicted octanol–water partition coefficient (Wildman–Crippen LogP) is 5.97. The highest BCUT2D eigenvalue weighted by molar-refractivity contribution is 7.13. The molecule has 0 N–H and O–H groups in total. The van der Waals surface area contributed by atoms with E-state index in [1.54, 1.807) is 11.4 Å². The van der Waals surface area contributed by atoms with Crippen LogP contribution in [0.4, 0.5) is 17.6 Å². The highest BCUT2D eigenvalue weighted by Crippen LogP contribution is 2.36. The minimum absolute atomic E-state index is 0.124. The standard InChI is InChI=1S/C16H7F4NO2S/c17-14-4-3-11(23-14)15-21-10(7-24-15)13-5-8-1-2-9(16(18,19)20)6-12(8)22-13/h1-7H. The molecule has 4 aromatic rings. The Kier molecular flexibility index (Phi) is 3.24. The molecule has 0 radical (unpaired) electrons. The van der Waals surface area contributed by atoms with Gasteiger partial charge in [-0.2, -0.15) is 17.6 Å². The molecule has 0 fully saturated rings. The van der Waals surface area contributed by atoms with Gasteiger partial charge in [0, 0.05) is 16.8 Å². The lowest BCUT2D eigenvalue weighted by Crippen LogP contribution is -2.03. The van der Waals surface area contributed by atoms with E-state index in [0.717, 1.165) is 12.1 Å². The molecule has 0 aliphatic rings. The number of furan rings is 2. The average molecular weight is 353 g/mol. The van der Waals surface area contributed by atoms with Crippen LogP contribution < -0.4 is 0 Å². The first-order chi connectivity index (χ1) is 11.4. The molecule has 0 atom stereocenters. The largest absolute Gasteiger partial charge is 0.454 e. The Bertz CT molecular complexity index is 1030. The summed E-state index contributed by atoms with van der Waals surface area (Å²) in [5.41, 5.74) is -0.212. The molecular weight excluding hydrogens is 346 g/mol. The van der Waals surface area contributed by atoms with Crippen LogP contribution in [-0.2, 0) is 6.18 Å². The molecule has 0 spiro atoms. The number of hydrogen-bond donors (Lipinski definition) is 0. The monoisotopic (exact) mass is 353 g/mol. The Labute approximate surface area is 136 Å². The maximum absolute atomic E-state index is 12.9. The summed E-state index contributed by atoms with van der Waals surface area (Å²) >= 11 is 1.22. The SMILES string of the molecule is Fc1ccc(-c2nc(-c3cc4ccc(C(F)(F)F)cc4o3)cs2)o1. The first-order valence-corrected chi connectivity index (χ1v) is 7.60. The maximum Gasteiger partial charge on any atom is 0.416 e.